The van der Waals surface area contributed by atoms with Gasteiger partial charge in [-0.25, -0.2) is 0 Å². The fourth-order valence-electron chi connectivity index (χ4n) is 2.80. The van der Waals surface area contributed by atoms with E-state index in [1.165, 1.54) is 6.08 Å². The van der Waals surface area contributed by atoms with Crippen molar-refractivity contribution in [3.05, 3.63) is 66.5 Å². The van der Waals surface area contributed by atoms with Crippen molar-refractivity contribution in [3.8, 4) is 5.75 Å². The molecule has 1 heterocycles. The molecule has 0 atom stereocenters. The molecule has 6 nitrogen and oxygen atoms in total. The van der Waals surface area contributed by atoms with Gasteiger partial charge in [-0.05, 0) is 67.1 Å². The first-order valence-corrected chi connectivity index (χ1v) is 11.9. The Labute approximate surface area is 214 Å². The molecular formula is C22H17Cl4NO5S. The highest BCUT2D eigenvalue weighted by Gasteiger charge is 2.36. The number of hydrogen-bond donors (Lipinski definition) is 0. The lowest BCUT2D eigenvalue weighted by Crippen LogP contribution is -2.35. The minimum Gasteiger partial charge on any atom is -0.486 e. The maximum atomic E-state index is 12.6. The number of imide groups is 1. The SMILES string of the molecule is CC(C)OC(=O)CN1C(=O)S/C(=C/c2cc(Cl)c(OCc3ccc(Cl)c(Cl)c3)c(Cl)c2)C1=O. The minimum absolute atomic E-state index is 0.133. The van der Waals surface area contributed by atoms with Gasteiger partial charge in [0.1, 0.15) is 13.2 Å². The van der Waals surface area contributed by atoms with Crippen molar-refractivity contribution in [1.82, 2.24) is 4.90 Å². The van der Waals surface area contributed by atoms with Crippen molar-refractivity contribution in [2.75, 3.05) is 6.54 Å². The Morgan fingerprint density at radius 2 is 1.70 bits per heavy atom. The van der Waals surface area contributed by atoms with Gasteiger partial charge in [-0.1, -0.05) is 52.5 Å². The smallest absolute Gasteiger partial charge is 0.326 e. The van der Waals surface area contributed by atoms with Gasteiger partial charge in [0.25, 0.3) is 11.1 Å². The number of nitrogens with zero attached hydrogens (tertiary/aromatic N) is 1. The largest absolute Gasteiger partial charge is 0.486 e. The van der Waals surface area contributed by atoms with Crippen LogP contribution in [0.1, 0.15) is 25.0 Å². The molecule has 0 radical (unpaired) electrons. The van der Waals surface area contributed by atoms with Crippen LogP contribution in [0, 0.1) is 0 Å². The topological polar surface area (TPSA) is 72.9 Å². The van der Waals surface area contributed by atoms with Gasteiger partial charge in [0.15, 0.2) is 5.75 Å². The van der Waals surface area contributed by atoms with Crippen molar-refractivity contribution < 1.29 is 23.9 Å². The van der Waals surface area contributed by atoms with E-state index in [1.807, 2.05) is 0 Å². The molecule has 0 N–H and O–H groups in total. The van der Waals surface area contributed by atoms with E-state index in [0.717, 1.165) is 10.5 Å². The van der Waals surface area contributed by atoms with Crippen LogP contribution in [-0.4, -0.2) is 34.7 Å². The Kier molecular flexibility index (Phi) is 8.59. The highest BCUT2D eigenvalue weighted by atomic mass is 35.5. The normalized spacial score (nSPS) is 15.0. The van der Waals surface area contributed by atoms with Crippen LogP contribution in [0.3, 0.4) is 0 Å². The van der Waals surface area contributed by atoms with Gasteiger partial charge in [-0.3, -0.25) is 19.3 Å². The molecule has 1 saturated heterocycles. The zero-order valence-corrected chi connectivity index (χ0v) is 21.2. The summed E-state index contributed by atoms with van der Waals surface area (Å²) in [7, 11) is 0. The molecule has 33 heavy (non-hydrogen) atoms. The fraction of sp³-hybridized carbons (Fsp3) is 0.227. The van der Waals surface area contributed by atoms with Crippen LogP contribution in [0.4, 0.5) is 4.79 Å². The Morgan fingerprint density at radius 3 is 2.30 bits per heavy atom. The van der Waals surface area contributed by atoms with Crippen LogP contribution in [0.25, 0.3) is 6.08 Å². The Morgan fingerprint density at radius 1 is 1.03 bits per heavy atom. The summed E-state index contributed by atoms with van der Waals surface area (Å²) in [4.78, 5) is 37.6. The third kappa shape index (κ3) is 6.58. The molecule has 3 rings (SSSR count). The monoisotopic (exact) mass is 547 g/mol. The summed E-state index contributed by atoms with van der Waals surface area (Å²) in [6.45, 7) is 3.05. The number of carbonyl (C=O) groups excluding carboxylic acids is 3. The van der Waals surface area contributed by atoms with E-state index in [1.54, 1.807) is 44.2 Å². The first kappa shape index (κ1) is 25.7. The van der Waals surface area contributed by atoms with Crippen LogP contribution in [0.5, 0.6) is 5.75 Å². The van der Waals surface area contributed by atoms with Crippen molar-refractivity contribution in [2.45, 2.75) is 26.6 Å². The van der Waals surface area contributed by atoms with E-state index in [4.69, 9.17) is 55.9 Å². The van der Waals surface area contributed by atoms with Gasteiger partial charge in [0, 0.05) is 0 Å². The highest BCUT2D eigenvalue weighted by molar-refractivity contribution is 8.18. The summed E-state index contributed by atoms with van der Waals surface area (Å²) in [6.07, 6.45) is 1.12. The molecule has 1 fully saturated rings. The number of carbonyl (C=O) groups is 3. The molecule has 0 saturated carbocycles. The Balaban J connectivity index is 1.73. The first-order chi connectivity index (χ1) is 15.5. The van der Waals surface area contributed by atoms with E-state index in [-0.39, 0.29) is 33.4 Å². The summed E-state index contributed by atoms with van der Waals surface area (Å²) in [5.41, 5.74) is 1.26. The summed E-state index contributed by atoms with van der Waals surface area (Å²) >= 11 is 25.3. The van der Waals surface area contributed by atoms with Crippen LogP contribution >= 0.6 is 58.2 Å². The van der Waals surface area contributed by atoms with E-state index in [2.05, 4.69) is 0 Å². The molecular weight excluding hydrogens is 532 g/mol. The molecule has 174 valence electrons. The Hall–Kier alpha value is -1.90. The second-order valence-corrected chi connectivity index (χ2v) is 9.78. The fourth-order valence-corrected chi connectivity index (χ4v) is 4.57. The number of hydrogen-bond acceptors (Lipinski definition) is 6. The van der Waals surface area contributed by atoms with Crippen LogP contribution < -0.4 is 4.74 Å². The number of thioether (sulfide) groups is 1. The summed E-state index contributed by atoms with van der Waals surface area (Å²) in [6, 6.07) is 8.20. The molecule has 2 aromatic rings. The third-order valence-corrected chi connectivity index (χ3v) is 6.42. The lowest BCUT2D eigenvalue weighted by molar-refractivity contribution is -0.149. The van der Waals surface area contributed by atoms with E-state index in [0.29, 0.717) is 27.4 Å². The van der Waals surface area contributed by atoms with Crippen molar-refractivity contribution in [1.29, 1.82) is 0 Å². The molecule has 2 aromatic carbocycles. The lowest BCUT2D eigenvalue weighted by atomic mass is 10.2. The van der Waals surface area contributed by atoms with Gasteiger partial charge >= 0.3 is 5.97 Å². The zero-order valence-electron chi connectivity index (χ0n) is 17.4. The van der Waals surface area contributed by atoms with Gasteiger partial charge in [-0.15, -0.1) is 0 Å². The highest BCUT2D eigenvalue weighted by Crippen LogP contribution is 2.38. The van der Waals surface area contributed by atoms with Crippen molar-refractivity contribution in [3.63, 3.8) is 0 Å². The second-order valence-electron chi connectivity index (χ2n) is 7.16. The third-order valence-electron chi connectivity index (χ3n) is 4.21. The predicted octanol–water partition coefficient (Wildman–Crippen LogP) is 6.87. The average Bonchev–Trinajstić information content (AvgIpc) is 2.96. The van der Waals surface area contributed by atoms with Crippen molar-refractivity contribution >= 4 is 81.4 Å². The molecule has 0 spiro atoms. The lowest BCUT2D eigenvalue weighted by Gasteiger charge is -2.13. The van der Waals surface area contributed by atoms with Crippen LogP contribution in [-0.2, 0) is 20.9 Å². The average molecular weight is 549 g/mol. The summed E-state index contributed by atoms with van der Waals surface area (Å²) in [5.74, 6) is -1.01. The summed E-state index contributed by atoms with van der Waals surface area (Å²) < 4.78 is 10.7. The second kappa shape index (κ2) is 11.0. The van der Waals surface area contributed by atoms with Crippen LogP contribution in [0.15, 0.2) is 35.2 Å². The molecule has 0 unspecified atom stereocenters. The number of benzene rings is 2. The summed E-state index contributed by atoms with van der Waals surface area (Å²) in [5, 5.41) is 0.701. The first-order valence-electron chi connectivity index (χ1n) is 9.55. The molecule has 11 heteroatoms. The van der Waals surface area contributed by atoms with E-state index < -0.39 is 23.7 Å². The minimum atomic E-state index is -0.664. The van der Waals surface area contributed by atoms with Gasteiger partial charge < -0.3 is 9.47 Å². The number of rotatable bonds is 7. The zero-order chi connectivity index (χ0) is 24.3. The van der Waals surface area contributed by atoms with E-state index >= 15 is 0 Å². The number of esters is 1. The maximum Gasteiger partial charge on any atom is 0.326 e. The Bertz CT molecular complexity index is 1130. The maximum absolute atomic E-state index is 12.6. The number of ether oxygens (including phenoxy) is 2. The molecule has 0 bridgehead atoms. The quantitative estimate of drug-likeness (QED) is 0.278. The van der Waals surface area contributed by atoms with Gasteiger partial charge in [0.2, 0.25) is 0 Å². The van der Waals surface area contributed by atoms with E-state index in [9.17, 15) is 14.4 Å². The van der Waals surface area contributed by atoms with Gasteiger partial charge in [-0.2, -0.15) is 0 Å². The number of amides is 2. The standard InChI is InChI=1S/C22H17Cl4NO5S/c1-11(2)32-19(28)9-27-21(29)18(33-22(27)30)8-13-6-16(25)20(17(26)7-13)31-10-12-3-4-14(23)15(24)5-12/h3-8,11H,9-10H2,1-2H3/b18-8+. The molecule has 2 amide bonds. The number of halogens is 4. The molecule has 1 aliphatic rings. The molecule has 0 aromatic heterocycles. The van der Waals surface area contributed by atoms with Crippen molar-refractivity contribution in [2.24, 2.45) is 0 Å². The molecule has 1 aliphatic heterocycles. The van der Waals surface area contributed by atoms with Gasteiger partial charge in [0.05, 0.1) is 31.1 Å². The molecule has 0 aliphatic carbocycles. The predicted molar refractivity (Wildman–Crippen MR) is 131 cm³/mol. The van der Waals surface area contributed by atoms with Crippen LogP contribution in [0.2, 0.25) is 20.1 Å².